The third-order valence-electron chi connectivity index (χ3n) is 3.76. The highest BCUT2D eigenvalue weighted by atomic mass is 79.9. The highest BCUT2D eigenvalue weighted by Gasteiger charge is 2.31. The predicted molar refractivity (Wildman–Crippen MR) is 100 cm³/mol. The highest BCUT2D eigenvalue weighted by molar-refractivity contribution is 9.11. The van der Waals surface area contributed by atoms with Crippen LogP contribution in [0.4, 0.5) is 5.69 Å². The Bertz CT molecular complexity index is 791. The molecule has 118 valence electrons. The maximum atomic E-state index is 12.8. The van der Waals surface area contributed by atoms with E-state index in [-0.39, 0.29) is 11.7 Å². The Morgan fingerprint density at radius 2 is 1.83 bits per heavy atom. The topological polar surface area (TPSA) is 40.5 Å². The Hall–Kier alpha value is -1.59. The van der Waals surface area contributed by atoms with Gasteiger partial charge in [0.1, 0.15) is 5.75 Å². The lowest BCUT2D eigenvalue weighted by Crippen LogP contribution is -2.26. The van der Waals surface area contributed by atoms with E-state index in [0.717, 1.165) is 23.2 Å². The number of halogens is 2. The Kier molecular flexibility index (Phi) is 4.60. The van der Waals surface area contributed by atoms with Crippen LogP contribution in [0.25, 0.3) is 11.6 Å². The zero-order chi connectivity index (χ0) is 16.6. The van der Waals surface area contributed by atoms with E-state index in [9.17, 15) is 9.90 Å². The van der Waals surface area contributed by atoms with Crippen molar-refractivity contribution in [3.63, 3.8) is 0 Å². The molecule has 0 saturated heterocycles. The first-order valence-electron chi connectivity index (χ1n) is 7.34. The number of anilines is 1. The lowest BCUT2D eigenvalue weighted by atomic mass is 10.0. The SMILES string of the molecule is CCCN1C(=O)/C(=C\c2cc(Br)c(O)c(Br)c2)c2ccccc21. The zero-order valence-electron chi connectivity index (χ0n) is 12.5. The number of fused-ring (bicyclic) bond motifs is 1. The first-order valence-corrected chi connectivity index (χ1v) is 8.92. The maximum absolute atomic E-state index is 12.8. The van der Waals surface area contributed by atoms with Crippen molar-refractivity contribution in [2.45, 2.75) is 13.3 Å². The van der Waals surface area contributed by atoms with Crippen LogP contribution in [0.1, 0.15) is 24.5 Å². The van der Waals surface area contributed by atoms with Crippen molar-refractivity contribution in [2.24, 2.45) is 0 Å². The standard InChI is InChI=1S/C18H15Br2NO2/c1-2-7-21-16-6-4-3-5-12(16)13(18(21)23)8-11-9-14(19)17(22)15(20)10-11/h3-6,8-10,22H,2,7H2,1H3/b13-8-. The molecule has 0 aliphatic carbocycles. The zero-order valence-corrected chi connectivity index (χ0v) is 15.7. The Balaban J connectivity index is 2.11. The molecule has 0 radical (unpaired) electrons. The summed E-state index contributed by atoms with van der Waals surface area (Å²) in [6.45, 7) is 2.77. The molecule has 1 aliphatic rings. The van der Waals surface area contributed by atoms with Crippen molar-refractivity contribution in [3.8, 4) is 5.75 Å². The van der Waals surface area contributed by atoms with Crippen LogP contribution in [0.2, 0.25) is 0 Å². The van der Waals surface area contributed by atoms with E-state index in [1.807, 2.05) is 35.2 Å². The molecule has 0 unspecified atom stereocenters. The molecule has 1 N–H and O–H groups in total. The second kappa shape index (κ2) is 6.49. The molecule has 0 atom stereocenters. The Labute approximate surface area is 151 Å². The van der Waals surface area contributed by atoms with Crippen molar-refractivity contribution in [1.29, 1.82) is 0 Å². The molecule has 0 fully saturated rings. The number of hydrogen-bond acceptors (Lipinski definition) is 2. The summed E-state index contributed by atoms with van der Waals surface area (Å²) in [6, 6.07) is 11.4. The maximum Gasteiger partial charge on any atom is 0.258 e. The summed E-state index contributed by atoms with van der Waals surface area (Å²) >= 11 is 6.65. The molecule has 0 bridgehead atoms. The number of carbonyl (C=O) groups is 1. The van der Waals surface area contributed by atoms with Crippen molar-refractivity contribution in [3.05, 3.63) is 56.5 Å². The van der Waals surface area contributed by atoms with Gasteiger partial charge in [0.25, 0.3) is 5.91 Å². The van der Waals surface area contributed by atoms with Gasteiger partial charge in [-0.15, -0.1) is 0 Å². The molecular weight excluding hydrogens is 422 g/mol. The van der Waals surface area contributed by atoms with Crippen molar-refractivity contribution < 1.29 is 9.90 Å². The van der Waals surface area contributed by atoms with Crippen molar-refractivity contribution in [1.82, 2.24) is 0 Å². The number of benzene rings is 2. The molecule has 3 nitrogen and oxygen atoms in total. The number of aromatic hydroxyl groups is 1. The molecule has 2 aromatic carbocycles. The molecule has 1 heterocycles. The van der Waals surface area contributed by atoms with Crippen LogP contribution in [-0.4, -0.2) is 17.6 Å². The van der Waals surface area contributed by atoms with Gasteiger partial charge in [-0.3, -0.25) is 4.79 Å². The molecular formula is C18H15Br2NO2. The minimum atomic E-state index is 0.0216. The molecule has 23 heavy (non-hydrogen) atoms. The number of hydrogen-bond donors (Lipinski definition) is 1. The van der Waals surface area contributed by atoms with E-state index >= 15 is 0 Å². The van der Waals surface area contributed by atoms with Crippen LogP contribution >= 0.6 is 31.9 Å². The van der Waals surface area contributed by atoms with Crippen molar-refractivity contribution in [2.75, 3.05) is 11.4 Å². The fourth-order valence-electron chi connectivity index (χ4n) is 2.73. The van der Waals surface area contributed by atoms with Gasteiger partial charge in [-0.25, -0.2) is 0 Å². The van der Waals surface area contributed by atoms with Gasteiger partial charge in [0, 0.05) is 17.7 Å². The van der Waals surface area contributed by atoms with Gasteiger partial charge in [-0.1, -0.05) is 25.1 Å². The van der Waals surface area contributed by atoms with E-state index < -0.39 is 0 Å². The summed E-state index contributed by atoms with van der Waals surface area (Å²) in [7, 11) is 0. The second-order valence-electron chi connectivity index (χ2n) is 5.37. The largest absolute Gasteiger partial charge is 0.506 e. The first kappa shape index (κ1) is 16.3. The van der Waals surface area contributed by atoms with Crippen LogP contribution < -0.4 is 4.90 Å². The lowest BCUT2D eigenvalue weighted by molar-refractivity contribution is -0.113. The van der Waals surface area contributed by atoms with Crippen LogP contribution in [0, 0.1) is 0 Å². The summed E-state index contributed by atoms with van der Waals surface area (Å²) in [5.41, 5.74) is 3.44. The molecule has 5 heteroatoms. The van der Waals surface area contributed by atoms with Gasteiger partial charge in [0.2, 0.25) is 0 Å². The summed E-state index contributed by atoms with van der Waals surface area (Å²) in [5, 5.41) is 9.82. The average molecular weight is 437 g/mol. The van der Waals surface area contributed by atoms with Gasteiger partial charge in [0.15, 0.2) is 0 Å². The van der Waals surface area contributed by atoms with Gasteiger partial charge in [0.05, 0.1) is 14.6 Å². The minimum absolute atomic E-state index is 0.0216. The summed E-state index contributed by atoms with van der Waals surface area (Å²) in [4.78, 5) is 14.6. The van der Waals surface area contributed by atoms with Crippen LogP contribution in [0.5, 0.6) is 5.75 Å². The van der Waals surface area contributed by atoms with Gasteiger partial charge >= 0.3 is 0 Å². The quantitative estimate of drug-likeness (QED) is 0.670. The number of para-hydroxylation sites is 1. The fourth-order valence-corrected chi connectivity index (χ4v) is 3.95. The molecule has 3 rings (SSSR count). The molecule has 1 amide bonds. The number of nitrogens with zero attached hydrogens (tertiary/aromatic N) is 1. The number of phenols is 1. The van der Waals surface area contributed by atoms with Gasteiger partial charge in [-0.2, -0.15) is 0 Å². The van der Waals surface area contributed by atoms with Crippen LogP contribution in [0.3, 0.4) is 0 Å². The average Bonchev–Trinajstić information content (AvgIpc) is 2.79. The number of carbonyl (C=O) groups excluding carboxylic acids is 1. The number of amides is 1. The summed E-state index contributed by atoms with van der Waals surface area (Å²) in [5.74, 6) is 0.172. The van der Waals surface area contributed by atoms with Crippen molar-refractivity contribution >= 4 is 55.1 Å². The highest BCUT2D eigenvalue weighted by Crippen LogP contribution is 2.39. The summed E-state index contributed by atoms with van der Waals surface area (Å²) < 4.78 is 1.17. The third kappa shape index (κ3) is 2.95. The van der Waals surface area contributed by atoms with E-state index in [1.165, 1.54) is 0 Å². The van der Waals surface area contributed by atoms with Gasteiger partial charge < -0.3 is 10.0 Å². The van der Waals surface area contributed by atoms with E-state index in [1.54, 1.807) is 12.1 Å². The normalized spacial score (nSPS) is 15.3. The minimum Gasteiger partial charge on any atom is -0.506 e. The Morgan fingerprint density at radius 1 is 1.17 bits per heavy atom. The lowest BCUT2D eigenvalue weighted by Gasteiger charge is -2.15. The smallest absolute Gasteiger partial charge is 0.258 e. The molecule has 0 saturated carbocycles. The molecule has 0 spiro atoms. The molecule has 1 aliphatic heterocycles. The van der Waals surface area contributed by atoms with E-state index in [2.05, 4.69) is 38.8 Å². The molecule has 0 aromatic heterocycles. The predicted octanol–water partition coefficient (Wildman–Crippen LogP) is 5.21. The van der Waals surface area contributed by atoms with E-state index in [4.69, 9.17) is 0 Å². The van der Waals surface area contributed by atoms with E-state index in [0.29, 0.717) is 21.1 Å². The van der Waals surface area contributed by atoms with Gasteiger partial charge in [-0.05, 0) is 68.1 Å². The molecule has 2 aromatic rings. The first-order chi connectivity index (χ1) is 11.0. The number of phenolic OH excluding ortho intramolecular Hbond substituents is 1. The second-order valence-corrected chi connectivity index (χ2v) is 7.07. The fraction of sp³-hybridized carbons (Fsp3) is 0.167. The van der Waals surface area contributed by atoms with Crippen LogP contribution in [0.15, 0.2) is 45.3 Å². The monoisotopic (exact) mass is 435 g/mol. The summed E-state index contributed by atoms with van der Waals surface area (Å²) in [6.07, 6.45) is 2.77. The third-order valence-corrected chi connectivity index (χ3v) is 4.97. The van der Waals surface area contributed by atoms with Crippen LogP contribution in [-0.2, 0) is 4.79 Å². The number of rotatable bonds is 3. The Morgan fingerprint density at radius 3 is 2.48 bits per heavy atom.